The number of carbonyl (C=O) groups is 1. The van der Waals surface area contributed by atoms with E-state index in [1.807, 2.05) is 61.5 Å². The maximum atomic E-state index is 12.0. The maximum Gasteiger partial charge on any atom is 0.267 e. The summed E-state index contributed by atoms with van der Waals surface area (Å²) in [4.78, 5) is 15.1. The Morgan fingerprint density at radius 3 is 2.74 bits per heavy atom. The molecule has 0 atom stereocenters. The van der Waals surface area contributed by atoms with Gasteiger partial charge in [0.25, 0.3) is 5.91 Å². The molecule has 3 rings (SSSR count). The number of ether oxygens (including phenoxy) is 1. The van der Waals surface area contributed by atoms with Crippen LogP contribution in [0.25, 0.3) is 10.9 Å². The van der Waals surface area contributed by atoms with Gasteiger partial charge in [-0.15, -0.1) is 0 Å². The Bertz CT molecular complexity index is 793. The van der Waals surface area contributed by atoms with Crippen molar-refractivity contribution in [1.29, 1.82) is 0 Å². The van der Waals surface area contributed by atoms with E-state index in [1.165, 1.54) is 0 Å². The molecule has 0 unspecified atom stereocenters. The van der Waals surface area contributed by atoms with Crippen LogP contribution in [-0.2, 0) is 6.61 Å². The lowest BCUT2D eigenvalue weighted by Gasteiger charge is -2.06. The van der Waals surface area contributed by atoms with E-state index in [9.17, 15) is 4.79 Å². The van der Waals surface area contributed by atoms with Crippen LogP contribution in [0.4, 0.5) is 0 Å². The van der Waals surface area contributed by atoms with E-state index in [1.54, 1.807) is 0 Å². The second kappa shape index (κ2) is 7.01. The highest BCUT2D eigenvalue weighted by Gasteiger charge is 2.09. The van der Waals surface area contributed by atoms with Gasteiger partial charge in [0.05, 0.1) is 0 Å². The SMILES string of the molecule is CCCNC(=O)c1cc2ccc(OCc3ccccc3)cc2[nH]1. The molecule has 1 aromatic heterocycles. The average Bonchev–Trinajstić information content (AvgIpc) is 3.02. The van der Waals surface area contributed by atoms with Gasteiger partial charge in [0.15, 0.2) is 0 Å². The number of hydrogen-bond donors (Lipinski definition) is 2. The van der Waals surface area contributed by atoms with Crippen molar-refractivity contribution in [1.82, 2.24) is 10.3 Å². The predicted molar refractivity (Wildman–Crippen MR) is 91.7 cm³/mol. The molecule has 118 valence electrons. The lowest BCUT2D eigenvalue weighted by atomic mass is 10.2. The summed E-state index contributed by atoms with van der Waals surface area (Å²) in [7, 11) is 0. The van der Waals surface area contributed by atoms with E-state index in [2.05, 4.69) is 10.3 Å². The summed E-state index contributed by atoms with van der Waals surface area (Å²) in [5.74, 6) is 0.707. The molecule has 2 N–H and O–H groups in total. The number of nitrogens with one attached hydrogen (secondary N) is 2. The van der Waals surface area contributed by atoms with Crippen molar-refractivity contribution in [3.63, 3.8) is 0 Å². The zero-order chi connectivity index (χ0) is 16.1. The molecule has 3 aromatic rings. The van der Waals surface area contributed by atoms with Crippen molar-refractivity contribution >= 4 is 16.8 Å². The third-order valence-corrected chi connectivity index (χ3v) is 3.62. The van der Waals surface area contributed by atoms with Gasteiger partial charge in [-0.25, -0.2) is 0 Å². The summed E-state index contributed by atoms with van der Waals surface area (Å²) < 4.78 is 5.81. The second-order valence-electron chi connectivity index (χ2n) is 5.46. The molecule has 2 aromatic carbocycles. The van der Waals surface area contributed by atoms with Crippen LogP contribution < -0.4 is 10.1 Å². The summed E-state index contributed by atoms with van der Waals surface area (Å²) >= 11 is 0. The first kappa shape index (κ1) is 15.2. The van der Waals surface area contributed by atoms with E-state index >= 15 is 0 Å². The molecule has 0 saturated heterocycles. The molecule has 0 aliphatic carbocycles. The highest BCUT2D eigenvalue weighted by atomic mass is 16.5. The Hall–Kier alpha value is -2.75. The fraction of sp³-hybridized carbons (Fsp3) is 0.211. The van der Waals surface area contributed by atoms with Crippen LogP contribution in [0.2, 0.25) is 0 Å². The Morgan fingerprint density at radius 1 is 1.13 bits per heavy atom. The third kappa shape index (κ3) is 3.72. The minimum absolute atomic E-state index is 0.0743. The molecule has 0 aliphatic heterocycles. The zero-order valence-electron chi connectivity index (χ0n) is 13.1. The standard InChI is InChI=1S/C19H20N2O2/c1-2-10-20-19(22)18-11-15-8-9-16(12-17(15)21-18)23-13-14-6-4-3-5-7-14/h3-9,11-12,21H,2,10,13H2,1H3,(H,20,22). The molecular formula is C19H20N2O2. The minimum atomic E-state index is -0.0743. The number of hydrogen-bond acceptors (Lipinski definition) is 2. The summed E-state index contributed by atoms with van der Waals surface area (Å²) in [5.41, 5.74) is 2.60. The Balaban J connectivity index is 1.72. The molecule has 4 nitrogen and oxygen atoms in total. The van der Waals surface area contributed by atoms with E-state index < -0.39 is 0 Å². The number of benzene rings is 2. The zero-order valence-corrected chi connectivity index (χ0v) is 13.1. The van der Waals surface area contributed by atoms with Crippen LogP contribution in [0.5, 0.6) is 5.75 Å². The third-order valence-electron chi connectivity index (χ3n) is 3.62. The number of carbonyl (C=O) groups excluding carboxylic acids is 1. The highest BCUT2D eigenvalue weighted by molar-refractivity contribution is 5.98. The van der Waals surface area contributed by atoms with Crippen LogP contribution in [0.15, 0.2) is 54.6 Å². The molecule has 0 spiro atoms. The van der Waals surface area contributed by atoms with Crippen LogP contribution in [0.1, 0.15) is 29.4 Å². The Kier molecular flexibility index (Phi) is 4.62. The number of aromatic nitrogens is 1. The van der Waals surface area contributed by atoms with Crippen LogP contribution in [-0.4, -0.2) is 17.4 Å². The van der Waals surface area contributed by atoms with Gasteiger partial charge in [0.1, 0.15) is 18.1 Å². The maximum absolute atomic E-state index is 12.0. The van der Waals surface area contributed by atoms with Gasteiger partial charge < -0.3 is 15.0 Å². The first-order valence-corrected chi connectivity index (χ1v) is 7.84. The van der Waals surface area contributed by atoms with Gasteiger partial charge in [0, 0.05) is 23.5 Å². The van der Waals surface area contributed by atoms with Crippen molar-refractivity contribution in [2.24, 2.45) is 0 Å². The van der Waals surface area contributed by atoms with Gasteiger partial charge in [-0.3, -0.25) is 4.79 Å². The lowest BCUT2D eigenvalue weighted by Crippen LogP contribution is -2.24. The number of aromatic amines is 1. The van der Waals surface area contributed by atoms with Gasteiger partial charge in [0.2, 0.25) is 0 Å². The number of H-pyrrole nitrogens is 1. The molecule has 0 radical (unpaired) electrons. The summed E-state index contributed by atoms with van der Waals surface area (Å²) in [6.07, 6.45) is 0.920. The van der Waals surface area contributed by atoms with Crippen LogP contribution in [0.3, 0.4) is 0 Å². The number of amides is 1. The molecule has 23 heavy (non-hydrogen) atoms. The largest absolute Gasteiger partial charge is 0.489 e. The van der Waals surface area contributed by atoms with E-state index in [4.69, 9.17) is 4.74 Å². The summed E-state index contributed by atoms with van der Waals surface area (Å²) in [6, 6.07) is 17.7. The van der Waals surface area contributed by atoms with Crippen molar-refractivity contribution in [3.8, 4) is 5.75 Å². The topological polar surface area (TPSA) is 54.1 Å². The quantitative estimate of drug-likeness (QED) is 0.726. The van der Waals surface area contributed by atoms with Crippen molar-refractivity contribution in [2.45, 2.75) is 20.0 Å². The fourth-order valence-electron chi connectivity index (χ4n) is 2.39. The van der Waals surface area contributed by atoms with E-state index in [0.717, 1.165) is 28.6 Å². The lowest BCUT2D eigenvalue weighted by molar-refractivity contribution is 0.0949. The smallest absolute Gasteiger partial charge is 0.267 e. The summed E-state index contributed by atoms with van der Waals surface area (Å²) in [5, 5.41) is 3.87. The van der Waals surface area contributed by atoms with E-state index in [0.29, 0.717) is 18.8 Å². The molecule has 1 heterocycles. The normalized spacial score (nSPS) is 10.7. The molecule has 0 bridgehead atoms. The first-order chi connectivity index (χ1) is 11.3. The molecule has 4 heteroatoms. The Labute approximate surface area is 135 Å². The van der Waals surface area contributed by atoms with Crippen molar-refractivity contribution < 1.29 is 9.53 Å². The van der Waals surface area contributed by atoms with Crippen molar-refractivity contribution in [2.75, 3.05) is 6.54 Å². The van der Waals surface area contributed by atoms with Gasteiger partial charge in [-0.05, 0) is 30.2 Å². The van der Waals surface area contributed by atoms with E-state index in [-0.39, 0.29) is 5.91 Å². The Morgan fingerprint density at radius 2 is 1.96 bits per heavy atom. The predicted octanol–water partition coefficient (Wildman–Crippen LogP) is 3.89. The van der Waals surface area contributed by atoms with Crippen LogP contribution >= 0.6 is 0 Å². The molecular weight excluding hydrogens is 288 g/mol. The minimum Gasteiger partial charge on any atom is -0.489 e. The van der Waals surface area contributed by atoms with Gasteiger partial charge in [-0.1, -0.05) is 37.3 Å². The van der Waals surface area contributed by atoms with Crippen molar-refractivity contribution in [3.05, 3.63) is 65.9 Å². The average molecular weight is 308 g/mol. The summed E-state index contributed by atoms with van der Waals surface area (Å²) in [6.45, 7) is 3.23. The first-order valence-electron chi connectivity index (χ1n) is 7.84. The monoisotopic (exact) mass is 308 g/mol. The number of fused-ring (bicyclic) bond motifs is 1. The molecule has 1 amide bonds. The van der Waals surface area contributed by atoms with Gasteiger partial charge in [-0.2, -0.15) is 0 Å². The second-order valence-corrected chi connectivity index (χ2v) is 5.46. The number of rotatable bonds is 6. The molecule has 0 aliphatic rings. The van der Waals surface area contributed by atoms with Gasteiger partial charge >= 0.3 is 0 Å². The van der Waals surface area contributed by atoms with Crippen LogP contribution in [0, 0.1) is 0 Å². The highest BCUT2D eigenvalue weighted by Crippen LogP contribution is 2.22. The molecule has 0 fully saturated rings. The molecule has 0 saturated carbocycles. The fourth-order valence-corrected chi connectivity index (χ4v) is 2.39.